The molecular weight excluding hydrogens is 240 g/mol. The Balaban J connectivity index is -0.0000000146. The Morgan fingerprint density at radius 1 is 1.23 bits per heavy atom. The Hall–Kier alpha value is 2.34. The van der Waals surface area contributed by atoms with Crippen LogP contribution < -0.4 is 69.1 Å². The molecule has 5 N–H and O–H groups in total. The molecule has 0 fully saturated rings. The van der Waals surface area contributed by atoms with Crippen molar-refractivity contribution < 1.29 is 98.8 Å². The van der Waals surface area contributed by atoms with E-state index in [1.807, 2.05) is 0 Å². The number of carboxylic acid groups (broad SMARTS) is 2. The molecule has 0 heterocycles. The van der Waals surface area contributed by atoms with Gasteiger partial charge in [-0.05, 0) is 0 Å². The molecule has 12 heteroatoms. The van der Waals surface area contributed by atoms with Gasteiger partial charge >= 0.3 is 88.7 Å². The fourth-order valence-electron chi connectivity index (χ4n) is 0. The molecule has 0 aromatic heterocycles. The van der Waals surface area contributed by atoms with Gasteiger partial charge in [-0.1, -0.05) is 0 Å². The van der Waals surface area contributed by atoms with Crippen LogP contribution in [0.2, 0.25) is 0 Å². The van der Waals surface area contributed by atoms with E-state index < -0.39 is 14.0 Å². The van der Waals surface area contributed by atoms with Gasteiger partial charge in [0.1, 0.15) is 0 Å². The van der Waals surface area contributed by atoms with Crippen LogP contribution in [0.1, 0.15) is 0 Å². The summed E-state index contributed by atoms with van der Waals surface area (Å²) in [4.78, 5) is 31.4. The number of phosphoric acid groups is 1. The Morgan fingerprint density at radius 3 is 1.23 bits per heavy atom. The molecule has 13 heavy (non-hydrogen) atoms. The second kappa shape index (κ2) is 19.8. The van der Waals surface area contributed by atoms with Gasteiger partial charge in [0, 0.05) is 0 Å². The van der Waals surface area contributed by atoms with Gasteiger partial charge < -0.3 is 35.2 Å². The average molecular weight is 246 g/mol. The third-order valence-corrected chi connectivity index (χ3v) is 0. The van der Waals surface area contributed by atoms with E-state index in [2.05, 4.69) is 0 Å². The molecule has 0 rings (SSSR count). The van der Waals surface area contributed by atoms with E-state index in [1.165, 1.54) is 0 Å². The number of rotatable bonds is 0. The zero-order valence-corrected chi connectivity index (χ0v) is 11.3. The molecule has 8 nitrogen and oxygen atoms in total. The first-order chi connectivity index (χ1) is 3.73. The number of carbonyl (C=O) groups is 1. The summed E-state index contributed by atoms with van der Waals surface area (Å²) < 4.78 is 8.77. The van der Waals surface area contributed by atoms with Gasteiger partial charge in [0.25, 0.3) is 7.82 Å². The first kappa shape index (κ1) is 36.2. The maximum absolute atomic E-state index is 8.77. The fourth-order valence-corrected chi connectivity index (χ4v) is 0. The van der Waals surface area contributed by atoms with E-state index in [0.717, 1.165) is 0 Å². The Kier molecular flexibility index (Phi) is 55.2. The van der Waals surface area contributed by atoms with Crippen molar-refractivity contribution in [3.63, 3.8) is 0 Å². The molecule has 0 spiro atoms. The van der Waals surface area contributed by atoms with Gasteiger partial charge in [0.15, 0.2) is 0 Å². The van der Waals surface area contributed by atoms with E-state index in [4.69, 9.17) is 34.3 Å². The van der Waals surface area contributed by atoms with Crippen LogP contribution in [0.4, 0.5) is 4.79 Å². The summed E-state index contributed by atoms with van der Waals surface area (Å²) in [6, 6.07) is 0. The van der Waals surface area contributed by atoms with E-state index in [1.54, 1.807) is 0 Å². The second-order valence-corrected chi connectivity index (χ2v) is 1.74. The third kappa shape index (κ3) is 399. The zero-order chi connectivity index (χ0) is 8.08. The van der Waals surface area contributed by atoms with Crippen molar-refractivity contribution in [1.82, 2.24) is 0 Å². The monoisotopic (exact) mass is 246 g/mol. The maximum atomic E-state index is 8.77. The molecular formula is CH6Na3O8P. The minimum atomic E-state index is -4.89. The zero-order valence-electron chi connectivity index (χ0n) is 6.42. The molecule has 0 unspecified atom stereocenters. The van der Waals surface area contributed by atoms with Crippen LogP contribution in [-0.4, -0.2) is 56.1 Å². The van der Waals surface area contributed by atoms with E-state index in [9.17, 15) is 0 Å². The predicted molar refractivity (Wildman–Crippen MR) is 30.8 cm³/mol. The molecule has 0 aliphatic rings. The van der Waals surface area contributed by atoms with Crippen LogP contribution in [0.3, 0.4) is 0 Å². The van der Waals surface area contributed by atoms with Gasteiger partial charge in [-0.3, -0.25) is 4.57 Å². The van der Waals surface area contributed by atoms with Gasteiger partial charge in [0.05, 0.1) is 0 Å². The molecule has 0 saturated carbocycles. The number of hydrogen-bond donors (Lipinski definition) is 3. The minimum absolute atomic E-state index is 0. The summed E-state index contributed by atoms with van der Waals surface area (Å²) in [5, 5.41) is 15.3. The number of hydrogen-bond acceptors (Lipinski definition) is 4. The quantitative estimate of drug-likeness (QED) is 0.281. The van der Waals surface area contributed by atoms with Gasteiger partial charge in [0.2, 0.25) is 6.16 Å². The molecule has 0 aliphatic carbocycles. The van der Waals surface area contributed by atoms with Crippen LogP contribution in [0.5, 0.6) is 0 Å². The van der Waals surface area contributed by atoms with E-state index in [-0.39, 0.29) is 94.1 Å². The van der Waals surface area contributed by atoms with Crippen LogP contribution in [0.15, 0.2) is 0 Å². The summed E-state index contributed by atoms with van der Waals surface area (Å²) in [6.45, 7) is 0. The first-order valence-corrected chi connectivity index (χ1v) is 2.93. The van der Waals surface area contributed by atoms with Crippen LogP contribution in [-0.2, 0) is 4.57 Å². The molecule has 0 amide bonds. The normalized spacial score (nSPS) is 6.38. The summed E-state index contributed by atoms with van der Waals surface area (Å²) in [5.41, 5.74) is 0. The van der Waals surface area contributed by atoms with E-state index in [0.29, 0.717) is 0 Å². The topological polar surface area (TPSA) is 172 Å². The molecule has 0 radical (unpaired) electrons. The van der Waals surface area contributed by atoms with Crippen LogP contribution in [0, 0.1) is 0 Å². The summed E-state index contributed by atoms with van der Waals surface area (Å²) in [7, 11) is -4.89. The molecule has 0 atom stereocenters. The van der Waals surface area contributed by atoms with Gasteiger partial charge in [-0.2, -0.15) is 0 Å². The SMILES string of the molecule is O.O=C([O-])O.O=P([O-])(O)O.[Na+].[Na+].[NaH]. The van der Waals surface area contributed by atoms with Crippen molar-refractivity contribution in [1.29, 1.82) is 0 Å². The predicted octanol–water partition coefficient (Wildman–Crippen LogP) is -10.1. The van der Waals surface area contributed by atoms with Gasteiger partial charge in [-0.15, -0.1) is 0 Å². The third-order valence-electron chi connectivity index (χ3n) is 0. The summed E-state index contributed by atoms with van der Waals surface area (Å²) in [6.07, 6.45) is -2.08. The molecule has 0 bridgehead atoms. The van der Waals surface area contributed by atoms with Crippen molar-refractivity contribution in [3.05, 3.63) is 0 Å². The van der Waals surface area contributed by atoms with Gasteiger partial charge in [-0.25, -0.2) is 0 Å². The second-order valence-electron chi connectivity index (χ2n) is 0.756. The van der Waals surface area contributed by atoms with Crippen molar-refractivity contribution in [2.45, 2.75) is 0 Å². The fraction of sp³-hybridized carbons (Fsp3) is 0. The molecule has 66 valence electrons. The summed E-state index contributed by atoms with van der Waals surface area (Å²) in [5.74, 6) is 0. The van der Waals surface area contributed by atoms with Crippen molar-refractivity contribution in [2.24, 2.45) is 0 Å². The standard InChI is InChI=1S/CH2O3.3Na.H3O4P.H2O.H/c2-1(3)4;;;;1-5(2,3)4;;/h(H2,2,3,4);;;;(H3,1,2,3,4);1H2;/q;;2*+1;;;/p-2. The molecule has 0 aromatic carbocycles. The Labute approximate surface area is 140 Å². The van der Waals surface area contributed by atoms with Crippen LogP contribution >= 0.6 is 7.82 Å². The van der Waals surface area contributed by atoms with Crippen molar-refractivity contribution in [2.75, 3.05) is 0 Å². The average Bonchev–Trinajstić information content (AvgIpc) is 1.19. The Morgan fingerprint density at radius 2 is 1.23 bits per heavy atom. The Bertz CT molecular complexity index is 119. The molecule has 0 saturated heterocycles. The summed E-state index contributed by atoms with van der Waals surface area (Å²) >= 11 is 0. The van der Waals surface area contributed by atoms with Crippen molar-refractivity contribution in [3.8, 4) is 0 Å². The molecule has 0 aliphatic heterocycles. The first-order valence-electron chi connectivity index (χ1n) is 1.40. The van der Waals surface area contributed by atoms with Crippen LogP contribution in [0.25, 0.3) is 0 Å². The van der Waals surface area contributed by atoms with E-state index >= 15 is 0 Å². The molecule has 0 aromatic rings. The van der Waals surface area contributed by atoms with Crippen molar-refractivity contribution >= 4 is 43.5 Å².